The lowest BCUT2D eigenvalue weighted by Crippen LogP contribution is -2.46. The van der Waals surface area contributed by atoms with E-state index in [0.29, 0.717) is 22.9 Å². The molecular weight excluding hydrogens is 436 g/mol. The molecule has 1 atom stereocenters. The van der Waals surface area contributed by atoms with E-state index in [-0.39, 0.29) is 17.5 Å². The van der Waals surface area contributed by atoms with Crippen LogP contribution in [0.5, 0.6) is 5.75 Å². The number of anilines is 1. The molecule has 32 heavy (non-hydrogen) atoms. The van der Waals surface area contributed by atoms with Gasteiger partial charge in [0.15, 0.2) is 6.61 Å². The van der Waals surface area contributed by atoms with E-state index in [2.05, 4.69) is 5.32 Å². The molecular formula is C23H23ClN2O6. The van der Waals surface area contributed by atoms with Crippen molar-refractivity contribution in [1.82, 2.24) is 4.90 Å². The Morgan fingerprint density at radius 1 is 1.09 bits per heavy atom. The number of imide groups is 1. The zero-order valence-electron chi connectivity index (χ0n) is 17.7. The number of carbonyl (C=O) groups excluding carboxylic acids is 4. The fraction of sp³-hybridized carbons (Fsp3) is 0.304. The van der Waals surface area contributed by atoms with Crippen LogP contribution in [0.1, 0.15) is 46.9 Å². The summed E-state index contributed by atoms with van der Waals surface area (Å²) < 4.78 is 10.3. The van der Waals surface area contributed by atoms with Gasteiger partial charge >= 0.3 is 5.97 Å². The highest BCUT2D eigenvalue weighted by atomic mass is 35.5. The number of methoxy groups -OCH3 is 1. The van der Waals surface area contributed by atoms with Crippen molar-refractivity contribution in [3.05, 3.63) is 58.6 Å². The van der Waals surface area contributed by atoms with Gasteiger partial charge in [0, 0.05) is 5.02 Å². The van der Waals surface area contributed by atoms with Gasteiger partial charge < -0.3 is 14.8 Å². The Balaban J connectivity index is 1.70. The molecule has 2 aromatic rings. The molecule has 0 fully saturated rings. The number of carbonyl (C=O) groups is 4. The Hall–Kier alpha value is -3.39. The first-order valence-corrected chi connectivity index (χ1v) is 10.5. The molecule has 0 spiro atoms. The molecule has 9 heteroatoms. The second-order valence-electron chi connectivity index (χ2n) is 7.18. The van der Waals surface area contributed by atoms with Crippen LogP contribution in [-0.4, -0.2) is 48.3 Å². The lowest BCUT2D eigenvalue weighted by Gasteiger charge is -2.24. The van der Waals surface area contributed by atoms with Crippen molar-refractivity contribution in [2.75, 3.05) is 19.0 Å². The summed E-state index contributed by atoms with van der Waals surface area (Å²) in [7, 11) is 1.44. The van der Waals surface area contributed by atoms with E-state index in [4.69, 9.17) is 21.1 Å². The third-order valence-electron chi connectivity index (χ3n) is 5.02. The minimum absolute atomic E-state index is 0.241. The minimum Gasteiger partial charge on any atom is -0.495 e. The Kier molecular flexibility index (Phi) is 7.48. The number of amides is 3. The lowest BCUT2D eigenvalue weighted by molar-refractivity contribution is -0.151. The summed E-state index contributed by atoms with van der Waals surface area (Å²) in [5, 5.41) is 2.96. The molecule has 0 saturated heterocycles. The zero-order chi connectivity index (χ0) is 23.3. The highest BCUT2D eigenvalue weighted by Gasteiger charge is 2.43. The van der Waals surface area contributed by atoms with Crippen LogP contribution in [-0.2, 0) is 14.3 Å². The van der Waals surface area contributed by atoms with Crippen LogP contribution in [0.15, 0.2) is 42.5 Å². The summed E-state index contributed by atoms with van der Waals surface area (Å²) in [5.41, 5.74) is 0.819. The Labute approximate surface area is 190 Å². The maximum absolute atomic E-state index is 12.8. The van der Waals surface area contributed by atoms with Gasteiger partial charge in [-0.15, -0.1) is 0 Å². The van der Waals surface area contributed by atoms with E-state index in [1.165, 1.54) is 13.2 Å². The Morgan fingerprint density at radius 2 is 1.75 bits per heavy atom. The number of halogens is 1. The van der Waals surface area contributed by atoms with Crippen molar-refractivity contribution in [2.45, 2.75) is 32.2 Å². The van der Waals surface area contributed by atoms with Crippen LogP contribution < -0.4 is 10.1 Å². The third kappa shape index (κ3) is 4.91. The van der Waals surface area contributed by atoms with Gasteiger partial charge in [0.25, 0.3) is 17.7 Å². The summed E-state index contributed by atoms with van der Waals surface area (Å²) in [6.45, 7) is 1.33. The number of nitrogens with one attached hydrogen (secondary N) is 1. The van der Waals surface area contributed by atoms with E-state index in [1.54, 1.807) is 36.4 Å². The highest BCUT2D eigenvalue weighted by Crippen LogP contribution is 2.28. The molecule has 0 aromatic heterocycles. The second-order valence-corrected chi connectivity index (χ2v) is 7.62. The van der Waals surface area contributed by atoms with Crippen molar-refractivity contribution in [2.24, 2.45) is 0 Å². The average molecular weight is 459 g/mol. The molecule has 0 aliphatic carbocycles. The number of hydrogen-bond donors (Lipinski definition) is 1. The molecule has 2 aromatic carbocycles. The standard InChI is InChI=1S/C23H23ClN2O6/c1-3-4-9-18(26-21(28)15-7-5-6-8-16(15)22(26)29)23(30)32-13-20(27)25-17-12-14(24)10-11-19(17)31-2/h5-8,10-12,18H,3-4,9,13H2,1-2H3,(H,25,27)/t18-/m1/s1. The maximum atomic E-state index is 12.8. The van der Waals surface area contributed by atoms with E-state index in [1.807, 2.05) is 6.92 Å². The summed E-state index contributed by atoms with van der Waals surface area (Å²) in [6, 6.07) is 9.98. The fourth-order valence-corrected chi connectivity index (χ4v) is 3.61. The van der Waals surface area contributed by atoms with Gasteiger partial charge in [-0.05, 0) is 36.8 Å². The monoisotopic (exact) mass is 458 g/mol. The second kappa shape index (κ2) is 10.3. The molecule has 1 aliphatic rings. The quantitative estimate of drug-likeness (QED) is 0.454. The number of fused-ring (bicyclic) bond motifs is 1. The average Bonchev–Trinajstić information content (AvgIpc) is 3.03. The molecule has 8 nitrogen and oxygen atoms in total. The third-order valence-corrected chi connectivity index (χ3v) is 5.26. The summed E-state index contributed by atoms with van der Waals surface area (Å²) in [6.07, 6.45) is 1.59. The van der Waals surface area contributed by atoms with Crippen molar-refractivity contribution in [3.63, 3.8) is 0 Å². The van der Waals surface area contributed by atoms with E-state index >= 15 is 0 Å². The van der Waals surface area contributed by atoms with Gasteiger partial charge in [0.05, 0.1) is 23.9 Å². The number of benzene rings is 2. The molecule has 1 N–H and O–H groups in total. The van der Waals surface area contributed by atoms with Crippen molar-refractivity contribution < 1.29 is 28.7 Å². The molecule has 0 unspecified atom stereocenters. The molecule has 3 rings (SSSR count). The van der Waals surface area contributed by atoms with Crippen LogP contribution >= 0.6 is 11.6 Å². The van der Waals surface area contributed by atoms with Crippen LogP contribution in [0.4, 0.5) is 5.69 Å². The molecule has 1 heterocycles. The van der Waals surface area contributed by atoms with Crippen molar-refractivity contribution in [3.8, 4) is 5.75 Å². The van der Waals surface area contributed by atoms with Gasteiger partial charge in [-0.2, -0.15) is 0 Å². The number of nitrogens with zero attached hydrogens (tertiary/aromatic N) is 1. The SMILES string of the molecule is CCCC[C@H](C(=O)OCC(=O)Nc1cc(Cl)ccc1OC)N1C(=O)c2ccccc2C1=O. The number of rotatable bonds is 9. The first kappa shape index (κ1) is 23.3. The first-order valence-electron chi connectivity index (χ1n) is 10.1. The van der Waals surface area contributed by atoms with E-state index in [9.17, 15) is 19.2 Å². The van der Waals surface area contributed by atoms with E-state index < -0.39 is 36.3 Å². The number of esters is 1. The van der Waals surface area contributed by atoms with Gasteiger partial charge in [-0.3, -0.25) is 19.3 Å². The summed E-state index contributed by atoms with van der Waals surface area (Å²) in [5.74, 6) is -2.13. The smallest absolute Gasteiger partial charge is 0.329 e. The number of ether oxygens (including phenoxy) is 2. The normalized spacial score (nSPS) is 13.5. The minimum atomic E-state index is -1.11. The largest absolute Gasteiger partial charge is 0.495 e. The molecule has 3 amide bonds. The van der Waals surface area contributed by atoms with Crippen LogP contribution in [0.3, 0.4) is 0 Å². The molecule has 0 saturated carbocycles. The van der Waals surface area contributed by atoms with Crippen LogP contribution in [0.2, 0.25) is 5.02 Å². The molecule has 0 radical (unpaired) electrons. The van der Waals surface area contributed by atoms with Crippen LogP contribution in [0, 0.1) is 0 Å². The number of hydrogen-bond acceptors (Lipinski definition) is 6. The van der Waals surface area contributed by atoms with Crippen molar-refractivity contribution >= 4 is 41.0 Å². The maximum Gasteiger partial charge on any atom is 0.329 e. The van der Waals surface area contributed by atoms with E-state index in [0.717, 1.165) is 11.3 Å². The Bertz CT molecular complexity index is 1020. The van der Waals surface area contributed by atoms with Gasteiger partial charge in [0.2, 0.25) is 0 Å². The summed E-state index contributed by atoms with van der Waals surface area (Å²) in [4.78, 5) is 51.7. The first-order chi connectivity index (χ1) is 15.4. The van der Waals surface area contributed by atoms with Gasteiger partial charge in [-0.25, -0.2) is 4.79 Å². The summed E-state index contributed by atoms with van der Waals surface area (Å²) >= 11 is 5.95. The Morgan fingerprint density at radius 3 is 2.34 bits per heavy atom. The fourth-order valence-electron chi connectivity index (χ4n) is 3.44. The van der Waals surface area contributed by atoms with Gasteiger partial charge in [-0.1, -0.05) is 43.5 Å². The highest BCUT2D eigenvalue weighted by molar-refractivity contribution is 6.31. The topological polar surface area (TPSA) is 102 Å². The lowest BCUT2D eigenvalue weighted by atomic mass is 10.1. The van der Waals surface area contributed by atoms with Gasteiger partial charge in [0.1, 0.15) is 11.8 Å². The number of unbranched alkanes of at least 4 members (excludes halogenated alkanes) is 1. The molecule has 1 aliphatic heterocycles. The molecule has 168 valence electrons. The molecule has 0 bridgehead atoms. The van der Waals surface area contributed by atoms with Crippen LogP contribution in [0.25, 0.3) is 0 Å². The zero-order valence-corrected chi connectivity index (χ0v) is 18.5. The van der Waals surface area contributed by atoms with Crippen molar-refractivity contribution in [1.29, 1.82) is 0 Å². The predicted octanol–water partition coefficient (Wildman–Crippen LogP) is 3.69. The predicted molar refractivity (Wildman–Crippen MR) is 118 cm³/mol.